The summed E-state index contributed by atoms with van der Waals surface area (Å²) in [6.07, 6.45) is 1.14. The van der Waals surface area contributed by atoms with E-state index >= 15 is 0 Å². The molecule has 76 valence electrons. The van der Waals surface area contributed by atoms with E-state index in [9.17, 15) is 4.79 Å². The molecule has 0 amide bonds. The topological polar surface area (TPSA) is 26.3 Å². The molecule has 0 saturated heterocycles. The molecule has 0 bridgehead atoms. The van der Waals surface area contributed by atoms with E-state index in [1.165, 1.54) is 0 Å². The zero-order valence-corrected chi connectivity index (χ0v) is 9.04. The molecule has 0 spiro atoms. The number of rotatable bonds is 4. The van der Waals surface area contributed by atoms with Crippen LogP contribution in [-0.2, 0) is 0 Å². The van der Waals surface area contributed by atoms with Crippen molar-refractivity contribution < 1.29 is 9.53 Å². The largest absolute Gasteiger partial charge is 0.491 e. The van der Waals surface area contributed by atoms with Crippen molar-refractivity contribution in [2.45, 2.75) is 26.4 Å². The second-order valence-corrected chi connectivity index (χ2v) is 3.48. The summed E-state index contributed by atoms with van der Waals surface area (Å²) in [6, 6.07) is 6.82. The monoisotopic (exact) mass is 212 g/mol. The van der Waals surface area contributed by atoms with E-state index in [1.54, 1.807) is 24.3 Å². The van der Waals surface area contributed by atoms with Gasteiger partial charge in [-0.05, 0) is 49.2 Å². The molecule has 0 aliphatic heterocycles. The van der Waals surface area contributed by atoms with E-state index in [-0.39, 0.29) is 6.10 Å². The summed E-state index contributed by atoms with van der Waals surface area (Å²) in [5.41, 5.74) is 0.489. The SMILES string of the molecule is CCC(C)Oc1ccc(C(=O)Cl)cc1. The minimum absolute atomic E-state index is 0.188. The third kappa shape index (κ3) is 3.04. The minimum Gasteiger partial charge on any atom is -0.491 e. The number of carbonyl (C=O) groups is 1. The van der Waals surface area contributed by atoms with Crippen LogP contribution in [-0.4, -0.2) is 11.3 Å². The lowest BCUT2D eigenvalue weighted by Gasteiger charge is -2.12. The van der Waals surface area contributed by atoms with E-state index < -0.39 is 5.24 Å². The summed E-state index contributed by atoms with van der Waals surface area (Å²) in [4.78, 5) is 10.8. The Kier molecular flexibility index (Phi) is 3.96. The van der Waals surface area contributed by atoms with Gasteiger partial charge in [-0.15, -0.1) is 0 Å². The van der Waals surface area contributed by atoms with Crippen LogP contribution in [0.25, 0.3) is 0 Å². The van der Waals surface area contributed by atoms with Crippen molar-refractivity contribution in [3.8, 4) is 5.75 Å². The molecule has 1 atom stereocenters. The van der Waals surface area contributed by atoms with Gasteiger partial charge in [0.1, 0.15) is 5.75 Å². The van der Waals surface area contributed by atoms with Crippen molar-refractivity contribution in [3.63, 3.8) is 0 Å². The lowest BCUT2D eigenvalue weighted by atomic mass is 10.2. The zero-order chi connectivity index (χ0) is 10.6. The molecule has 0 saturated carbocycles. The van der Waals surface area contributed by atoms with Gasteiger partial charge < -0.3 is 4.74 Å². The molecule has 1 unspecified atom stereocenters. The Morgan fingerprint density at radius 3 is 2.43 bits per heavy atom. The molecule has 0 radical (unpaired) electrons. The molecule has 0 fully saturated rings. The van der Waals surface area contributed by atoms with Crippen molar-refractivity contribution in [2.75, 3.05) is 0 Å². The molecule has 2 nitrogen and oxygen atoms in total. The van der Waals surface area contributed by atoms with Crippen LogP contribution in [0.15, 0.2) is 24.3 Å². The lowest BCUT2D eigenvalue weighted by Crippen LogP contribution is -2.09. The standard InChI is InChI=1S/C11H13ClO2/c1-3-8(2)14-10-6-4-9(5-7-10)11(12)13/h4-8H,3H2,1-2H3. The first-order valence-corrected chi connectivity index (χ1v) is 4.97. The van der Waals surface area contributed by atoms with Crippen LogP contribution in [0.5, 0.6) is 5.75 Å². The van der Waals surface area contributed by atoms with Gasteiger partial charge >= 0.3 is 0 Å². The average molecular weight is 213 g/mol. The molecule has 0 heterocycles. The predicted molar refractivity (Wildman–Crippen MR) is 57.0 cm³/mol. The van der Waals surface area contributed by atoms with Gasteiger partial charge in [-0.25, -0.2) is 0 Å². The van der Waals surface area contributed by atoms with Gasteiger partial charge in [0.15, 0.2) is 0 Å². The Morgan fingerprint density at radius 1 is 1.43 bits per heavy atom. The molecule has 1 aromatic rings. The normalized spacial score (nSPS) is 12.2. The maximum atomic E-state index is 10.8. The Bertz CT molecular complexity index is 306. The van der Waals surface area contributed by atoms with Gasteiger partial charge in [0.2, 0.25) is 0 Å². The van der Waals surface area contributed by atoms with Crippen molar-refractivity contribution >= 4 is 16.8 Å². The molecule has 0 aliphatic rings. The maximum absolute atomic E-state index is 10.8. The zero-order valence-electron chi connectivity index (χ0n) is 8.29. The molecule has 1 aromatic carbocycles. The number of carbonyl (C=O) groups excluding carboxylic acids is 1. The second kappa shape index (κ2) is 5.01. The third-order valence-corrected chi connectivity index (χ3v) is 2.21. The van der Waals surface area contributed by atoms with Crippen molar-refractivity contribution in [2.24, 2.45) is 0 Å². The predicted octanol–water partition coefficient (Wildman–Crippen LogP) is 3.24. The van der Waals surface area contributed by atoms with Crippen LogP contribution in [0.1, 0.15) is 30.6 Å². The Morgan fingerprint density at radius 2 is 2.00 bits per heavy atom. The highest BCUT2D eigenvalue weighted by Gasteiger charge is 2.03. The van der Waals surface area contributed by atoms with Crippen LogP contribution in [0.2, 0.25) is 0 Å². The van der Waals surface area contributed by atoms with Crippen LogP contribution in [0.3, 0.4) is 0 Å². The fourth-order valence-electron chi connectivity index (χ4n) is 0.980. The highest BCUT2D eigenvalue weighted by molar-refractivity contribution is 6.67. The molecule has 3 heteroatoms. The number of halogens is 1. The molecular formula is C11H13ClO2. The van der Waals surface area contributed by atoms with E-state index in [0.29, 0.717) is 5.56 Å². The first-order chi connectivity index (χ1) is 6.63. The van der Waals surface area contributed by atoms with Crippen LogP contribution in [0.4, 0.5) is 0 Å². The van der Waals surface area contributed by atoms with Crippen LogP contribution < -0.4 is 4.74 Å². The quantitative estimate of drug-likeness (QED) is 0.717. The Hall–Kier alpha value is -1.02. The number of ether oxygens (including phenoxy) is 1. The Balaban J connectivity index is 2.68. The van der Waals surface area contributed by atoms with Crippen LogP contribution >= 0.6 is 11.6 Å². The molecule has 0 aromatic heterocycles. The number of hydrogen-bond acceptors (Lipinski definition) is 2. The first kappa shape index (κ1) is 11.1. The van der Waals surface area contributed by atoms with Crippen molar-refractivity contribution in [3.05, 3.63) is 29.8 Å². The molecule has 0 aliphatic carbocycles. The van der Waals surface area contributed by atoms with Crippen molar-refractivity contribution in [1.82, 2.24) is 0 Å². The van der Waals surface area contributed by atoms with Crippen molar-refractivity contribution in [1.29, 1.82) is 0 Å². The summed E-state index contributed by atoms with van der Waals surface area (Å²) in [5.74, 6) is 0.765. The van der Waals surface area contributed by atoms with Gasteiger partial charge in [0, 0.05) is 5.56 Å². The second-order valence-electron chi connectivity index (χ2n) is 3.13. The summed E-state index contributed by atoms with van der Waals surface area (Å²) in [7, 11) is 0. The molecular weight excluding hydrogens is 200 g/mol. The number of hydrogen-bond donors (Lipinski definition) is 0. The number of benzene rings is 1. The summed E-state index contributed by atoms with van der Waals surface area (Å²) >= 11 is 5.31. The van der Waals surface area contributed by atoms with E-state index in [0.717, 1.165) is 12.2 Å². The smallest absolute Gasteiger partial charge is 0.252 e. The van der Waals surface area contributed by atoms with Gasteiger partial charge in [-0.2, -0.15) is 0 Å². The minimum atomic E-state index is -0.444. The fourth-order valence-corrected chi connectivity index (χ4v) is 1.11. The van der Waals surface area contributed by atoms with Gasteiger partial charge in [-0.1, -0.05) is 6.92 Å². The van der Waals surface area contributed by atoms with Gasteiger partial charge in [0.05, 0.1) is 6.10 Å². The Labute approximate surface area is 88.8 Å². The first-order valence-electron chi connectivity index (χ1n) is 4.60. The van der Waals surface area contributed by atoms with Gasteiger partial charge in [-0.3, -0.25) is 4.79 Å². The molecule has 14 heavy (non-hydrogen) atoms. The fraction of sp³-hybridized carbons (Fsp3) is 0.364. The summed E-state index contributed by atoms with van der Waals surface area (Å²) < 4.78 is 5.54. The summed E-state index contributed by atoms with van der Waals surface area (Å²) in [6.45, 7) is 4.06. The highest BCUT2D eigenvalue weighted by Crippen LogP contribution is 2.15. The summed E-state index contributed by atoms with van der Waals surface area (Å²) in [5, 5.41) is -0.444. The lowest BCUT2D eigenvalue weighted by molar-refractivity contribution is 0.108. The molecule has 1 rings (SSSR count). The van der Waals surface area contributed by atoms with E-state index in [1.807, 2.05) is 6.92 Å². The third-order valence-electron chi connectivity index (χ3n) is 1.99. The highest BCUT2D eigenvalue weighted by atomic mass is 35.5. The maximum Gasteiger partial charge on any atom is 0.252 e. The van der Waals surface area contributed by atoms with E-state index in [2.05, 4.69) is 6.92 Å². The average Bonchev–Trinajstić information content (AvgIpc) is 2.18. The van der Waals surface area contributed by atoms with Crippen LogP contribution in [0, 0.1) is 0 Å². The van der Waals surface area contributed by atoms with E-state index in [4.69, 9.17) is 16.3 Å². The molecule has 0 N–H and O–H groups in total. The van der Waals surface area contributed by atoms with Gasteiger partial charge in [0.25, 0.3) is 5.24 Å².